The second-order valence-electron chi connectivity index (χ2n) is 4.49. The number of carbonyl (C=O) groups is 1. The van der Waals surface area contributed by atoms with Crippen LogP contribution in [0.15, 0.2) is 0 Å². The highest BCUT2D eigenvalue weighted by atomic mass is 35.5. The normalized spacial score (nSPS) is 21.7. The number of carbonyl (C=O) groups excluding carboxylic acids is 1. The van der Waals surface area contributed by atoms with Crippen molar-refractivity contribution in [3.8, 4) is 0 Å². The number of hydrogen-bond acceptors (Lipinski definition) is 3. The van der Waals surface area contributed by atoms with Crippen LogP contribution in [0.1, 0.15) is 26.7 Å². The predicted octanol–water partition coefficient (Wildman–Crippen LogP) is 0.688. The van der Waals surface area contributed by atoms with Crippen molar-refractivity contribution < 1.29 is 9.53 Å². The lowest BCUT2D eigenvalue weighted by Crippen LogP contribution is -2.51. The molecule has 0 aromatic carbocycles. The van der Waals surface area contributed by atoms with Crippen molar-refractivity contribution in [2.24, 2.45) is 11.7 Å². The molecule has 5 heteroatoms. The molecular formula is C10H21ClN2O2. The Morgan fingerprint density at radius 3 is 2.73 bits per heavy atom. The van der Waals surface area contributed by atoms with Crippen LogP contribution in [0.25, 0.3) is 0 Å². The maximum Gasteiger partial charge on any atom is 0.225 e. The number of nitrogens with one attached hydrogen (secondary N) is 1. The maximum atomic E-state index is 11.7. The van der Waals surface area contributed by atoms with E-state index in [2.05, 4.69) is 5.32 Å². The average Bonchev–Trinajstić information content (AvgIpc) is 2.19. The first-order chi connectivity index (χ1) is 6.55. The molecule has 0 saturated carbocycles. The molecule has 1 aliphatic heterocycles. The Morgan fingerprint density at radius 1 is 1.60 bits per heavy atom. The summed E-state index contributed by atoms with van der Waals surface area (Å²) < 4.78 is 5.26. The molecule has 3 N–H and O–H groups in total. The Labute approximate surface area is 97.3 Å². The van der Waals surface area contributed by atoms with Crippen molar-refractivity contribution in [1.82, 2.24) is 5.32 Å². The van der Waals surface area contributed by atoms with Crippen LogP contribution in [-0.4, -0.2) is 31.2 Å². The van der Waals surface area contributed by atoms with Gasteiger partial charge in [-0.15, -0.1) is 12.4 Å². The molecule has 90 valence electrons. The van der Waals surface area contributed by atoms with Gasteiger partial charge < -0.3 is 15.8 Å². The maximum absolute atomic E-state index is 11.7. The summed E-state index contributed by atoms with van der Waals surface area (Å²) in [4.78, 5) is 11.7. The minimum atomic E-state index is -0.311. The number of hydrogen-bond donors (Lipinski definition) is 2. The monoisotopic (exact) mass is 236 g/mol. The van der Waals surface area contributed by atoms with Gasteiger partial charge in [0.15, 0.2) is 0 Å². The SMILES string of the molecule is CC(C)(CN)NC(=O)C1CCCOC1.Cl. The van der Waals surface area contributed by atoms with E-state index in [1.54, 1.807) is 0 Å². The van der Waals surface area contributed by atoms with Gasteiger partial charge in [-0.2, -0.15) is 0 Å². The molecule has 4 nitrogen and oxygen atoms in total. The molecule has 1 aliphatic rings. The summed E-state index contributed by atoms with van der Waals surface area (Å²) in [5, 5.41) is 2.93. The van der Waals surface area contributed by atoms with Crippen molar-refractivity contribution in [3.63, 3.8) is 0 Å². The van der Waals surface area contributed by atoms with Gasteiger partial charge in [0.2, 0.25) is 5.91 Å². The van der Waals surface area contributed by atoms with Crippen LogP contribution in [0, 0.1) is 5.92 Å². The molecule has 0 radical (unpaired) electrons. The Balaban J connectivity index is 0.00000196. The molecule has 0 aliphatic carbocycles. The second-order valence-corrected chi connectivity index (χ2v) is 4.49. The topological polar surface area (TPSA) is 64.3 Å². The predicted molar refractivity (Wildman–Crippen MR) is 62.1 cm³/mol. The zero-order chi connectivity index (χ0) is 10.6. The fourth-order valence-corrected chi connectivity index (χ4v) is 1.43. The molecule has 1 amide bonds. The molecule has 0 aromatic heterocycles. The zero-order valence-electron chi connectivity index (χ0n) is 9.41. The van der Waals surface area contributed by atoms with Gasteiger partial charge in [-0.05, 0) is 26.7 Å². The van der Waals surface area contributed by atoms with E-state index >= 15 is 0 Å². The van der Waals surface area contributed by atoms with E-state index in [1.165, 1.54) is 0 Å². The molecule has 1 fully saturated rings. The number of ether oxygens (including phenoxy) is 1. The molecule has 1 saturated heterocycles. The Morgan fingerprint density at radius 2 is 2.27 bits per heavy atom. The van der Waals surface area contributed by atoms with Gasteiger partial charge in [0.1, 0.15) is 0 Å². The van der Waals surface area contributed by atoms with Gasteiger partial charge in [0.25, 0.3) is 0 Å². The summed E-state index contributed by atoms with van der Waals surface area (Å²) in [6.07, 6.45) is 1.90. The van der Waals surface area contributed by atoms with E-state index in [4.69, 9.17) is 10.5 Å². The van der Waals surface area contributed by atoms with Crippen LogP contribution in [0.3, 0.4) is 0 Å². The Hall–Kier alpha value is -0.320. The summed E-state index contributed by atoms with van der Waals surface area (Å²) in [5.74, 6) is 0.0784. The van der Waals surface area contributed by atoms with E-state index in [0.717, 1.165) is 19.4 Å². The van der Waals surface area contributed by atoms with Crippen LogP contribution in [-0.2, 0) is 9.53 Å². The van der Waals surface area contributed by atoms with Crippen LogP contribution in [0.5, 0.6) is 0 Å². The average molecular weight is 237 g/mol. The molecule has 0 bridgehead atoms. The highest BCUT2D eigenvalue weighted by Gasteiger charge is 2.26. The standard InChI is InChI=1S/C10H20N2O2.ClH/c1-10(2,7-11)12-9(13)8-4-3-5-14-6-8;/h8H,3-7,11H2,1-2H3,(H,12,13);1H. The number of halogens is 1. The molecule has 1 rings (SSSR count). The van der Waals surface area contributed by atoms with Crippen molar-refractivity contribution >= 4 is 18.3 Å². The molecule has 15 heavy (non-hydrogen) atoms. The molecule has 0 spiro atoms. The van der Waals surface area contributed by atoms with Gasteiger partial charge in [-0.3, -0.25) is 4.79 Å². The van der Waals surface area contributed by atoms with Crippen molar-refractivity contribution in [2.45, 2.75) is 32.2 Å². The minimum Gasteiger partial charge on any atom is -0.381 e. The second kappa shape index (κ2) is 6.30. The van der Waals surface area contributed by atoms with E-state index < -0.39 is 0 Å². The molecule has 0 aromatic rings. The summed E-state index contributed by atoms with van der Waals surface area (Å²) in [6, 6.07) is 0. The van der Waals surface area contributed by atoms with Crippen LogP contribution in [0.2, 0.25) is 0 Å². The van der Waals surface area contributed by atoms with Gasteiger partial charge in [-0.25, -0.2) is 0 Å². The fraction of sp³-hybridized carbons (Fsp3) is 0.900. The van der Waals surface area contributed by atoms with Gasteiger partial charge in [-0.1, -0.05) is 0 Å². The quantitative estimate of drug-likeness (QED) is 0.758. The van der Waals surface area contributed by atoms with Crippen LogP contribution >= 0.6 is 12.4 Å². The van der Waals surface area contributed by atoms with Crippen LogP contribution in [0.4, 0.5) is 0 Å². The third kappa shape index (κ3) is 4.82. The van der Waals surface area contributed by atoms with Crippen molar-refractivity contribution in [2.75, 3.05) is 19.8 Å². The van der Waals surface area contributed by atoms with E-state index in [-0.39, 0.29) is 29.8 Å². The van der Waals surface area contributed by atoms with Gasteiger partial charge in [0.05, 0.1) is 12.5 Å². The number of nitrogens with two attached hydrogens (primary N) is 1. The first-order valence-corrected chi connectivity index (χ1v) is 5.15. The smallest absolute Gasteiger partial charge is 0.225 e. The van der Waals surface area contributed by atoms with E-state index in [0.29, 0.717) is 13.2 Å². The third-order valence-corrected chi connectivity index (χ3v) is 2.50. The fourth-order valence-electron chi connectivity index (χ4n) is 1.43. The Kier molecular flexibility index (Phi) is 6.17. The van der Waals surface area contributed by atoms with Gasteiger partial charge >= 0.3 is 0 Å². The van der Waals surface area contributed by atoms with E-state index in [9.17, 15) is 4.79 Å². The lowest BCUT2D eigenvalue weighted by Gasteiger charge is -2.28. The lowest BCUT2D eigenvalue weighted by molar-refractivity contribution is -0.130. The van der Waals surface area contributed by atoms with E-state index in [1.807, 2.05) is 13.8 Å². The summed E-state index contributed by atoms with van der Waals surface area (Å²) in [5.41, 5.74) is 5.23. The molecule has 1 unspecified atom stereocenters. The summed E-state index contributed by atoms with van der Waals surface area (Å²) in [7, 11) is 0. The third-order valence-electron chi connectivity index (χ3n) is 2.50. The minimum absolute atomic E-state index is 0. The summed E-state index contributed by atoms with van der Waals surface area (Å²) in [6.45, 7) is 5.63. The van der Waals surface area contributed by atoms with Crippen LogP contribution < -0.4 is 11.1 Å². The largest absolute Gasteiger partial charge is 0.381 e. The number of rotatable bonds is 3. The molecule has 1 atom stereocenters. The van der Waals surface area contributed by atoms with Gasteiger partial charge in [0, 0.05) is 18.7 Å². The highest BCUT2D eigenvalue weighted by Crippen LogP contribution is 2.14. The zero-order valence-corrected chi connectivity index (χ0v) is 10.2. The first kappa shape index (κ1) is 14.7. The molecular weight excluding hydrogens is 216 g/mol. The highest BCUT2D eigenvalue weighted by molar-refractivity contribution is 5.85. The summed E-state index contributed by atoms with van der Waals surface area (Å²) >= 11 is 0. The molecule has 1 heterocycles. The number of amides is 1. The van der Waals surface area contributed by atoms with Crippen molar-refractivity contribution in [1.29, 1.82) is 0 Å². The Bertz CT molecular complexity index is 204. The first-order valence-electron chi connectivity index (χ1n) is 5.15. The lowest BCUT2D eigenvalue weighted by atomic mass is 9.98. The van der Waals surface area contributed by atoms with Crippen molar-refractivity contribution in [3.05, 3.63) is 0 Å².